The Morgan fingerprint density at radius 2 is 1.67 bits per heavy atom. The van der Waals surface area contributed by atoms with E-state index in [9.17, 15) is 13.2 Å². The average Bonchev–Trinajstić information content (AvgIpc) is 2.85. The first-order valence-corrected chi connectivity index (χ1v) is 12.7. The van der Waals surface area contributed by atoms with Crippen LogP contribution in [0.1, 0.15) is 51.9 Å². The SMILES string of the molecule is CCN(C(=O)CN1CCCN(CC2CCCCC2)CC1)C1CCS(=O)(=O)C1. The van der Waals surface area contributed by atoms with Crippen LogP contribution in [0.15, 0.2) is 0 Å². The van der Waals surface area contributed by atoms with Crippen molar-refractivity contribution in [3.05, 3.63) is 0 Å². The van der Waals surface area contributed by atoms with Crippen molar-refractivity contribution in [1.82, 2.24) is 14.7 Å². The number of carbonyl (C=O) groups is 1. The topological polar surface area (TPSA) is 60.9 Å². The van der Waals surface area contributed by atoms with E-state index in [4.69, 9.17) is 0 Å². The Kier molecular flexibility index (Phi) is 7.57. The van der Waals surface area contributed by atoms with E-state index in [1.807, 2.05) is 6.92 Å². The van der Waals surface area contributed by atoms with E-state index in [0.29, 0.717) is 19.5 Å². The second-order valence-corrected chi connectivity index (χ2v) is 10.9. The molecule has 1 unspecified atom stereocenters. The molecule has 6 nitrogen and oxygen atoms in total. The zero-order valence-corrected chi connectivity index (χ0v) is 17.8. The Bertz CT molecular complexity index is 589. The van der Waals surface area contributed by atoms with Crippen LogP contribution >= 0.6 is 0 Å². The van der Waals surface area contributed by atoms with E-state index >= 15 is 0 Å². The highest BCUT2D eigenvalue weighted by molar-refractivity contribution is 7.91. The lowest BCUT2D eigenvalue weighted by molar-refractivity contribution is -0.134. The molecular formula is C20H37N3O3S. The fraction of sp³-hybridized carbons (Fsp3) is 0.950. The molecule has 2 heterocycles. The Labute approximate surface area is 165 Å². The minimum atomic E-state index is -2.96. The molecule has 0 bridgehead atoms. The van der Waals surface area contributed by atoms with Gasteiger partial charge in [-0.25, -0.2) is 8.42 Å². The Morgan fingerprint density at radius 3 is 2.33 bits per heavy atom. The lowest BCUT2D eigenvalue weighted by Gasteiger charge is -2.30. The van der Waals surface area contributed by atoms with Gasteiger partial charge in [-0.05, 0) is 51.6 Å². The number of hydrogen-bond acceptors (Lipinski definition) is 5. The summed E-state index contributed by atoms with van der Waals surface area (Å²) in [4.78, 5) is 19.5. The van der Waals surface area contributed by atoms with Gasteiger partial charge < -0.3 is 9.80 Å². The molecule has 1 atom stereocenters. The summed E-state index contributed by atoms with van der Waals surface area (Å²) in [6.45, 7) is 8.31. The van der Waals surface area contributed by atoms with Crippen molar-refractivity contribution in [2.24, 2.45) is 5.92 Å². The molecule has 7 heteroatoms. The van der Waals surface area contributed by atoms with Crippen LogP contribution in [0.25, 0.3) is 0 Å². The smallest absolute Gasteiger partial charge is 0.237 e. The number of sulfone groups is 1. The van der Waals surface area contributed by atoms with Gasteiger partial charge in [0.05, 0.1) is 18.1 Å². The summed E-state index contributed by atoms with van der Waals surface area (Å²) in [5, 5.41) is 0. The minimum absolute atomic E-state index is 0.0975. The fourth-order valence-electron chi connectivity index (χ4n) is 5.04. The normalized spacial score (nSPS) is 28.1. The lowest BCUT2D eigenvalue weighted by Crippen LogP contribution is -2.46. The van der Waals surface area contributed by atoms with Crippen LogP contribution in [0.5, 0.6) is 0 Å². The van der Waals surface area contributed by atoms with E-state index in [0.717, 1.165) is 38.5 Å². The summed E-state index contributed by atoms with van der Waals surface area (Å²) in [6.07, 6.45) is 8.66. The molecule has 156 valence electrons. The molecule has 0 aromatic heterocycles. The summed E-state index contributed by atoms with van der Waals surface area (Å²) in [5.41, 5.74) is 0. The van der Waals surface area contributed by atoms with Crippen molar-refractivity contribution in [2.45, 2.75) is 57.9 Å². The molecular weight excluding hydrogens is 362 g/mol. The highest BCUT2D eigenvalue weighted by Crippen LogP contribution is 2.25. The van der Waals surface area contributed by atoms with Crippen LogP contribution in [0, 0.1) is 5.92 Å². The zero-order chi connectivity index (χ0) is 19.3. The molecule has 0 spiro atoms. The summed E-state index contributed by atoms with van der Waals surface area (Å²) in [7, 11) is -2.96. The number of carbonyl (C=O) groups excluding carboxylic acids is 1. The molecule has 27 heavy (non-hydrogen) atoms. The standard InChI is InChI=1S/C20H37N3O3S/c1-2-23(19-9-14-27(25,26)17-19)20(24)16-22-11-6-10-21(12-13-22)15-18-7-4-3-5-8-18/h18-19H,2-17H2,1H3. The van der Waals surface area contributed by atoms with Crippen LogP contribution in [-0.4, -0.2) is 92.4 Å². The fourth-order valence-corrected chi connectivity index (χ4v) is 6.77. The third kappa shape index (κ3) is 6.16. The first-order valence-electron chi connectivity index (χ1n) is 10.9. The molecule has 1 aliphatic carbocycles. The predicted molar refractivity (Wildman–Crippen MR) is 109 cm³/mol. The van der Waals surface area contributed by atoms with Crippen molar-refractivity contribution < 1.29 is 13.2 Å². The molecule has 2 aliphatic heterocycles. The van der Waals surface area contributed by atoms with E-state index in [1.54, 1.807) is 4.90 Å². The molecule has 0 aromatic rings. The number of rotatable bonds is 6. The number of hydrogen-bond donors (Lipinski definition) is 0. The molecule has 3 aliphatic rings. The largest absolute Gasteiger partial charge is 0.338 e. The molecule has 0 aromatic carbocycles. The molecule has 1 amide bonds. The van der Waals surface area contributed by atoms with Gasteiger partial charge in [0, 0.05) is 32.2 Å². The van der Waals surface area contributed by atoms with Crippen molar-refractivity contribution in [2.75, 3.05) is 57.3 Å². The predicted octanol–water partition coefficient (Wildman–Crippen LogP) is 1.61. The van der Waals surface area contributed by atoms with Crippen molar-refractivity contribution >= 4 is 15.7 Å². The molecule has 3 rings (SSSR count). The monoisotopic (exact) mass is 399 g/mol. The quantitative estimate of drug-likeness (QED) is 0.679. The third-order valence-corrected chi connectivity index (χ3v) is 8.34. The average molecular weight is 400 g/mol. The van der Waals surface area contributed by atoms with Gasteiger partial charge in [-0.3, -0.25) is 9.69 Å². The van der Waals surface area contributed by atoms with Crippen LogP contribution in [0.3, 0.4) is 0 Å². The van der Waals surface area contributed by atoms with Gasteiger partial charge in [0.1, 0.15) is 0 Å². The van der Waals surface area contributed by atoms with Gasteiger partial charge >= 0.3 is 0 Å². The van der Waals surface area contributed by atoms with E-state index < -0.39 is 9.84 Å². The van der Waals surface area contributed by atoms with Crippen LogP contribution in [-0.2, 0) is 14.6 Å². The van der Waals surface area contributed by atoms with Gasteiger partial charge in [0.25, 0.3) is 0 Å². The van der Waals surface area contributed by atoms with Crippen LogP contribution < -0.4 is 0 Å². The number of amides is 1. The van der Waals surface area contributed by atoms with Crippen molar-refractivity contribution in [1.29, 1.82) is 0 Å². The molecule has 0 radical (unpaired) electrons. The van der Waals surface area contributed by atoms with E-state index in [2.05, 4.69) is 9.80 Å². The maximum Gasteiger partial charge on any atom is 0.237 e. The number of nitrogens with zero attached hydrogens (tertiary/aromatic N) is 3. The minimum Gasteiger partial charge on any atom is -0.338 e. The molecule has 1 saturated carbocycles. The maximum absolute atomic E-state index is 12.8. The summed E-state index contributed by atoms with van der Waals surface area (Å²) in [6, 6.07) is -0.123. The second kappa shape index (κ2) is 9.70. The first kappa shape index (κ1) is 21.1. The van der Waals surface area contributed by atoms with Crippen molar-refractivity contribution in [3.63, 3.8) is 0 Å². The first-order chi connectivity index (χ1) is 13.0. The van der Waals surface area contributed by atoms with Crippen LogP contribution in [0.4, 0.5) is 0 Å². The van der Waals surface area contributed by atoms with Gasteiger partial charge in [-0.1, -0.05) is 19.3 Å². The molecule has 2 saturated heterocycles. The summed E-state index contributed by atoms with van der Waals surface area (Å²) in [5.74, 6) is 1.33. The van der Waals surface area contributed by atoms with Gasteiger partial charge in [0.2, 0.25) is 5.91 Å². The Balaban J connectivity index is 1.46. The zero-order valence-electron chi connectivity index (χ0n) is 16.9. The highest BCUT2D eigenvalue weighted by atomic mass is 32.2. The Hall–Kier alpha value is -0.660. The molecule has 0 N–H and O–H groups in total. The summed E-state index contributed by atoms with van der Waals surface area (Å²) >= 11 is 0. The van der Waals surface area contributed by atoms with Gasteiger partial charge in [-0.15, -0.1) is 0 Å². The van der Waals surface area contributed by atoms with E-state index in [-0.39, 0.29) is 23.5 Å². The third-order valence-electron chi connectivity index (χ3n) is 6.59. The van der Waals surface area contributed by atoms with Crippen LogP contribution in [0.2, 0.25) is 0 Å². The highest BCUT2D eigenvalue weighted by Gasteiger charge is 2.34. The maximum atomic E-state index is 12.8. The Morgan fingerprint density at radius 1 is 0.963 bits per heavy atom. The number of likely N-dealkylation sites (N-methyl/N-ethyl adjacent to an activating group) is 1. The molecule has 3 fully saturated rings. The van der Waals surface area contributed by atoms with E-state index in [1.165, 1.54) is 38.6 Å². The second-order valence-electron chi connectivity index (χ2n) is 8.67. The summed E-state index contributed by atoms with van der Waals surface area (Å²) < 4.78 is 23.5. The van der Waals surface area contributed by atoms with Gasteiger partial charge in [-0.2, -0.15) is 0 Å². The van der Waals surface area contributed by atoms with Gasteiger partial charge in [0.15, 0.2) is 9.84 Å². The van der Waals surface area contributed by atoms with Crippen molar-refractivity contribution in [3.8, 4) is 0 Å². The lowest BCUT2D eigenvalue weighted by atomic mass is 9.89.